The van der Waals surface area contributed by atoms with E-state index < -0.39 is 36.2 Å². The van der Waals surface area contributed by atoms with Crippen LogP contribution in [-0.4, -0.2) is 22.8 Å². The highest BCUT2D eigenvalue weighted by molar-refractivity contribution is 7.86. The van der Waals surface area contributed by atoms with E-state index in [4.69, 9.17) is 0 Å². The van der Waals surface area contributed by atoms with Crippen molar-refractivity contribution < 1.29 is 22.8 Å². The van der Waals surface area contributed by atoms with Crippen LogP contribution in [0, 0.1) is 20.2 Å². The summed E-state index contributed by atoms with van der Waals surface area (Å²) in [6, 6.07) is 5.18. The molecule has 2 rings (SSSR count). The van der Waals surface area contributed by atoms with Crippen LogP contribution in [0.4, 0.5) is 11.4 Å². The minimum atomic E-state index is -5.16. The van der Waals surface area contributed by atoms with Crippen molar-refractivity contribution in [1.29, 1.82) is 0 Å². The first-order valence-electron chi connectivity index (χ1n) is 5.04. The first kappa shape index (κ1) is 13.8. The number of rotatable bonds is 3. The van der Waals surface area contributed by atoms with E-state index in [2.05, 4.69) is 0 Å². The molecular formula is C10H5N2O7S-. The SMILES string of the molecule is O=[N+]([O-])c1ccc2c([N+](=O)[O-])cccc2c1S(=O)(=O)[O-]. The topological polar surface area (TPSA) is 143 Å². The van der Waals surface area contributed by atoms with Crippen molar-refractivity contribution in [1.82, 2.24) is 0 Å². The smallest absolute Gasteiger partial charge is 0.287 e. The lowest BCUT2D eigenvalue weighted by Crippen LogP contribution is -2.05. The predicted octanol–water partition coefficient (Wildman–Crippen LogP) is 1.56. The van der Waals surface area contributed by atoms with Crippen LogP contribution >= 0.6 is 0 Å². The normalized spacial score (nSPS) is 11.4. The Labute approximate surface area is 111 Å². The Hall–Kier alpha value is -2.59. The molecule has 0 aliphatic carbocycles. The van der Waals surface area contributed by atoms with E-state index in [1.165, 1.54) is 0 Å². The highest BCUT2D eigenvalue weighted by Gasteiger charge is 2.25. The van der Waals surface area contributed by atoms with Crippen LogP contribution < -0.4 is 0 Å². The van der Waals surface area contributed by atoms with Crippen LogP contribution in [0.2, 0.25) is 0 Å². The maximum absolute atomic E-state index is 11.2. The van der Waals surface area contributed by atoms with Gasteiger partial charge in [0.1, 0.15) is 15.0 Å². The Balaban J connectivity index is 3.05. The van der Waals surface area contributed by atoms with Crippen LogP contribution in [0.3, 0.4) is 0 Å². The number of nitro benzene ring substituents is 2. The number of hydrogen-bond acceptors (Lipinski definition) is 7. The Bertz CT molecular complexity index is 844. The van der Waals surface area contributed by atoms with E-state index >= 15 is 0 Å². The molecule has 0 amide bonds. The fourth-order valence-corrected chi connectivity index (χ4v) is 2.71. The number of fused-ring (bicyclic) bond motifs is 1. The number of nitro groups is 2. The molecule has 0 radical (unpaired) electrons. The summed E-state index contributed by atoms with van der Waals surface area (Å²) in [5.74, 6) is 0. The minimum absolute atomic E-state index is 0.155. The second-order valence-corrected chi connectivity index (χ2v) is 5.07. The van der Waals surface area contributed by atoms with Gasteiger partial charge in [-0.15, -0.1) is 0 Å². The third kappa shape index (κ3) is 2.17. The van der Waals surface area contributed by atoms with Crippen molar-refractivity contribution in [3.8, 4) is 0 Å². The molecule has 0 unspecified atom stereocenters. The lowest BCUT2D eigenvalue weighted by Gasteiger charge is -2.11. The summed E-state index contributed by atoms with van der Waals surface area (Å²) < 4.78 is 33.7. The fourth-order valence-electron chi connectivity index (χ4n) is 1.87. The number of hydrogen-bond donors (Lipinski definition) is 0. The van der Waals surface area contributed by atoms with Gasteiger partial charge in [0.2, 0.25) is 0 Å². The average Bonchev–Trinajstić information content (AvgIpc) is 2.34. The summed E-state index contributed by atoms with van der Waals surface area (Å²) in [5.41, 5.74) is -1.35. The molecule has 0 heterocycles. The Morgan fingerprint density at radius 1 is 0.850 bits per heavy atom. The molecule has 0 N–H and O–H groups in total. The monoisotopic (exact) mass is 297 g/mol. The van der Waals surface area contributed by atoms with Crippen molar-refractivity contribution in [2.24, 2.45) is 0 Å². The zero-order valence-electron chi connectivity index (χ0n) is 9.55. The van der Waals surface area contributed by atoms with Gasteiger partial charge < -0.3 is 4.55 Å². The molecule has 0 aromatic heterocycles. The highest BCUT2D eigenvalue weighted by atomic mass is 32.2. The molecule has 0 fully saturated rings. The molecule has 0 atom stereocenters. The molecule has 0 saturated heterocycles. The van der Waals surface area contributed by atoms with Crippen LogP contribution in [-0.2, 0) is 10.1 Å². The average molecular weight is 297 g/mol. The first-order valence-corrected chi connectivity index (χ1v) is 6.44. The van der Waals surface area contributed by atoms with Gasteiger partial charge in [0.15, 0.2) is 0 Å². The van der Waals surface area contributed by atoms with Gasteiger partial charge in [0, 0.05) is 17.5 Å². The van der Waals surface area contributed by atoms with Gasteiger partial charge in [-0.05, 0) is 6.07 Å². The van der Waals surface area contributed by atoms with Gasteiger partial charge >= 0.3 is 0 Å². The molecule has 2 aromatic rings. The van der Waals surface area contributed by atoms with Crippen molar-refractivity contribution >= 4 is 32.3 Å². The summed E-state index contributed by atoms with van der Waals surface area (Å²) in [6.45, 7) is 0. The van der Waals surface area contributed by atoms with Crippen LogP contribution in [0.15, 0.2) is 35.2 Å². The third-order valence-electron chi connectivity index (χ3n) is 2.61. The van der Waals surface area contributed by atoms with E-state index in [9.17, 15) is 33.2 Å². The zero-order chi connectivity index (χ0) is 15.1. The predicted molar refractivity (Wildman–Crippen MR) is 65.2 cm³/mol. The van der Waals surface area contributed by atoms with Gasteiger partial charge in [0.05, 0.1) is 15.2 Å². The quantitative estimate of drug-likeness (QED) is 0.474. The van der Waals surface area contributed by atoms with Gasteiger partial charge in [-0.1, -0.05) is 12.1 Å². The standard InChI is InChI=1S/C10H6N2O7S/c13-11(14)8-3-1-2-7-6(8)4-5-9(12(15)16)10(7)20(17,18)19/h1-5H,(H,17,18,19)/p-1. The molecule has 0 spiro atoms. The molecule has 20 heavy (non-hydrogen) atoms. The molecule has 104 valence electrons. The summed E-state index contributed by atoms with van der Waals surface area (Å²) in [5, 5.41) is 21.1. The van der Waals surface area contributed by atoms with Crippen LogP contribution in [0.25, 0.3) is 10.8 Å². The number of benzene rings is 2. The maximum atomic E-state index is 11.2. The molecule has 9 nitrogen and oxygen atoms in total. The van der Waals surface area contributed by atoms with Gasteiger partial charge in [-0.2, -0.15) is 0 Å². The molecule has 0 aliphatic heterocycles. The van der Waals surface area contributed by atoms with Gasteiger partial charge in [0.25, 0.3) is 11.4 Å². The Morgan fingerprint density at radius 3 is 1.95 bits per heavy atom. The van der Waals surface area contributed by atoms with E-state index in [1.54, 1.807) is 0 Å². The molecule has 2 aromatic carbocycles. The summed E-state index contributed by atoms with van der Waals surface area (Å²) in [4.78, 5) is 18.8. The lowest BCUT2D eigenvalue weighted by atomic mass is 10.1. The number of non-ortho nitro benzene ring substituents is 1. The van der Waals surface area contributed by atoms with E-state index in [0.717, 1.165) is 30.3 Å². The first-order chi connectivity index (χ1) is 9.23. The van der Waals surface area contributed by atoms with Crippen LogP contribution in [0.1, 0.15) is 0 Å². The lowest BCUT2D eigenvalue weighted by molar-refractivity contribution is -0.387. The number of nitrogens with zero attached hydrogens (tertiary/aromatic N) is 2. The molecular weight excluding hydrogens is 292 g/mol. The second kappa shape index (κ2) is 4.51. The molecule has 0 aliphatic rings. The van der Waals surface area contributed by atoms with Crippen molar-refractivity contribution in [3.63, 3.8) is 0 Å². The Morgan fingerprint density at radius 2 is 1.45 bits per heavy atom. The molecule has 10 heteroatoms. The maximum Gasteiger partial charge on any atom is 0.287 e. The van der Waals surface area contributed by atoms with E-state index in [-0.39, 0.29) is 10.8 Å². The summed E-state index contributed by atoms with van der Waals surface area (Å²) >= 11 is 0. The molecule has 0 bridgehead atoms. The summed E-state index contributed by atoms with van der Waals surface area (Å²) in [6.07, 6.45) is 0. The van der Waals surface area contributed by atoms with Crippen molar-refractivity contribution in [2.75, 3.05) is 0 Å². The van der Waals surface area contributed by atoms with Gasteiger partial charge in [-0.25, -0.2) is 8.42 Å². The second-order valence-electron chi connectivity index (χ2n) is 3.75. The summed E-state index contributed by atoms with van der Waals surface area (Å²) in [7, 11) is -5.16. The van der Waals surface area contributed by atoms with E-state index in [1.807, 2.05) is 0 Å². The van der Waals surface area contributed by atoms with Crippen molar-refractivity contribution in [2.45, 2.75) is 4.90 Å². The van der Waals surface area contributed by atoms with E-state index in [0.29, 0.717) is 0 Å². The van der Waals surface area contributed by atoms with Crippen molar-refractivity contribution in [3.05, 3.63) is 50.6 Å². The third-order valence-corrected chi connectivity index (χ3v) is 3.54. The van der Waals surface area contributed by atoms with Crippen LogP contribution in [0.5, 0.6) is 0 Å². The Kier molecular flexibility index (Phi) is 3.12. The zero-order valence-corrected chi connectivity index (χ0v) is 10.4. The minimum Gasteiger partial charge on any atom is -0.744 e. The highest BCUT2D eigenvalue weighted by Crippen LogP contribution is 2.35. The largest absolute Gasteiger partial charge is 0.744 e. The van der Waals surface area contributed by atoms with Gasteiger partial charge in [-0.3, -0.25) is 20.2 Å². The molecule has 0 saturated carbocycles. The fraction of sp³-hybridized carbons (Fsp3) is 0.